The topological polar surface area (TPSA) is 85.1 Å². The number of hydrogen-bond acceptors (Lipinski definition) is 4. The molecule has 1 amide bonds. The zero-order valence-electron chi connectivity index (χ0n) is 20.8. The van der Waals surface area contributed by atoms with Gasteiger partial charge in [0.1, 0.15) is 5.82 Å². The first kappa shape index (κ1) is 24.9. The molecule has 0 aliphatic heterocycles. The normalized spacial score (nSPS) is 19.3. The maximum atomic E-state index is 12.8. The molecule has 1 saturated carbocycles. The van der Waals surface area contributed by atoms with E-state index in [1.54, 1.807) is 13.0 Å². The zero-order valence-corrected chi connectivity index (χ0v) is 20.8. The second-order valence-corrected chi connectivity index (χ2v) is 10.7. The number of aryl methyl sites for hydroxylation is 2. The number of rotatable bonds is 8. The monoisotopic (exact) mass is 449 g/mol. The lowest BCUT2D eigenvalue weighted by Gasteiger charge is -2.19. The number of carbonyl (C=O) groups excluding carboxylic acids is 2. The second-order valence-electron chi connectivity index (χ2n) is 10.7. The van der Waals surface area contributed by atoms with Crippen LogP contribution in [0.15, 0.2) is 36.4 Å². The van der Waals surface area contributed by atoms with Crippen LogP contribution in [-0.2, 0) is 27.8 Å². The van der Waals surface area contributed by atoms with Crippen molar-refractivity contribution in [2.75, 3.05) is 5.73 Å². The number of carbonyl (C=O) groups is 2. The maximum absolute atomic E-state index is 12.8. The minimum atomic E-state index is -0.469. The van der Waals surface area contributed by atoms with Gasteiger partial charge >= 0.3 is 0 Å². The van der Waals surface area contributed by atoms with E-state index in [1.807, 2.05) is 13.0 Å². The maximum Gasteiger partial charge on any atom is 0.223 e. The van der Waals surface area contributed by atoms with Crippen LogP contribution >= 0.6 is 0 Å². The van der Waals surface area contributed by atoms with Gasteiger partial charge in [0.05, 0.1) is 6.04 Å². The van der Waals surface area contributed by atoms with Crippen LogP contribution in [-0.4, -0.2) is 22.7 Å². The molecule has 178 valence electrons. The van der Waals surface area contributed by atoms with E-state index in [0.717, 1.165) is 36.9 Å². The minimum absolute atomic E-state index is 0.00245. The first-order chi connectivity index (χ1) is 15.5. The van der Waals surface area contributed by atoms with E-state index in [0.29, 0.717) is 24.6 Å². The van der Waals surface area contributed by atoms with E-state index >= 15 is 0 Å². The third kappa shape index (κ3) is 6.89. The van der Waals surface area contributed by atoms with Crippen LogP contribution in [0.3, 0.4) is 0 Å². The molecule has 3 N–H and O–H groups in total. The van der Waals surface area contributed by atoms with Crippen molar-refractivity contribution in [3.8, 4) is 0 Å². The Bertz CT molecular complexity index is 976. The Morgan fingerprint density at radius 3 is 2.45 bits per heavy atom. The number of nitrogens with zero attached hydrogens (tertiary/aromatic N) is 1. The van der Waals surface area contributed by atoms with Crippen LogP contribution in [0.25, 0.3) is 0 Å². The summed E-state index contributed by atoms with van der Waals surface area (Å²) < 4.78 is 0. The molecule has 5 nitrogen and oxygen atoms in total. The van der Waals surface area contributed by atoms with Gasteiger partial charge in [0, 0.05) is 18.0 Å². The minimum Gasteiger partial charge on any atom is -0.384 e. The number of anilines is 1. The molecule has 0 unspecified atom stereocenters. The Morgan fingerprint density at radius 2 is 1.82 bits per heavy atom. The lowest BCUT2D eigenvalue weighted by atomic mass is 9.86. The number of nitrogens with two attached hydrogens (primary N) is 1. The standard InChI is InChI=1S/C28H39N3O2/c1-18-22(11-15-26(29)30-18)10-14-25(32)19(2)31-27(33)23-9-6-21(17-23)16-20-7-12-24(13-8-20)28(3,4)5/h7-8,11-13,15,19,21,23H,6,9-10,14,16-17H2,1-5H3,(H2,29,30)(H,31,33)/t19-,21-,23+/m0/s1. The number of benzene rings is 1. The summed E-state index contributed by atoms with van der Waals surface area (Å²) in [6.45, 7) is 10.4. The molecule has 3 atom stereocenters. The molecule has 0 spiro atoms. The Kier molecular flexibility index (Phi) is 7.93. The summed E-state index contributed by atoms with van der Waals surface area (Å²) in [6, 6.07) is 12.1. The molecule has 1 heterocycles. The molecule has 2 aromatic rings. The number of hydrogen-bond donors (Lipinski definition) is 2. The highest BCUT2D eigenvalue weighted by atomic mass is 16.2. The summed E-state index contributed by atoms with van der Waals surface area (Å²) in [5, 5.41) is 2.97. The van der Waals surface area contributed by atoms with Crippen molar-refractivity contribution in [2.45, 2.75) is 84.6 Å². The summed E-state index contributed by atoms with van der Waals surface area (Å²) in [6.07, 6.45) is 4.85. The van der Waals surface area contributed by atoms with Gasteiger partial charge < -0.3 is 11.1 Å². The number of nitrogens with one attached hydrogen (secondary N) is 1. The van der Waals surface area contributed by atoms with E-state index in [2.05, 4.69) is 55.3 Å². The highest BCUT2D eigenvalue weighted by Gasteiger charge is 2.31. The SMILES string of the molecule is Cc1nc(N)ccc1CCC(=O)[C@H](C)NC(=O)[C@@H]1CC[C@@H](Cc2ccc(C(C)(C)C)cc2)C1. The van der Waals surface area contributed by atoms with Crippen molar-refractivity contribution in [1.29, 1.82) is 0 Å². The molecule has 5 heteroatoms. The molecule has 1 fully saturated rings. The van der Waals surface area contributed by atoms with Crippen LogP contribution in [0.4, 0.5) is 5.82 Å². The molecule has 1 aliphatic carbocycles. The molecule has 0 radical (unpaired) electrons. The van der Waals surface area contributed by atoms with Crippen molar-refractivity contribution < 1.29 is 9.59 Å². The predicted octanol–water partition coefficient (Wildman–Crippen LogP) is 4.94. The summed E-state index contributed by atoms with van der Waals surface area (Å²) in [5.41, 5.74) is 10.4. The number of nitrogen functional groups attached to an aromatic ring is 1. The molecular formula is C28H39N3O2. The van der Waals surface area contributed by atoms with E-state index in [1.165, 1.54) is 11.1 Å². The van der Waals surface area contributed by atoms with E-state index in [4.69, 9.17) is 5.73 Å². The first-order valence-electron chi connectivity index (χ1n) is 12.2. The van der Waals surface area contributed by atoms with Crippen LogP contribution in [0.5, 0.6) is 0 Å². The van der Waals surface area contributed by atoms with E-state index in [9.17, 15) is 9.59 Å². The number of aromatic nitrogens is 1. The van der Waals surface area contributed by atoms with Gasteiger partial charge in [0.15, 0.2) is 5.78 Å². The molecule has 1 aromatic heterocycles. The average molecular weight is 450 g/mol. The molecule has 33 heavy (non-hydrogen) atoms. The molecular weight excluding hydrogens is 410 g/mol. The van der Waals surface area contributed by atoms with Gasteiger partial charge in [0.25, 0.3) is 0 Å². The fourth-order valence-corrected chi connectivity index (χ4v) is 4.73. The lowest BCUT2D eigenvalue weighted by Crippen LogP contribution is -2.41. The average Bonchev–Trinajstić information content (AvgIpc) is 3.21. The summed E-state index contributed by atoms with van der Waals surface area (Å²) in [7, 11) is 0. The second kappa shape index (κ2) is 10.5. The molecule has 1 aromatic carbocycles. The van der Waals surface area contributed by atoms with Crippen molar-refractivity contribution in [3.63, 3.8) is 0 Å². The third-order valence-electron chi connectivity index (χ3n) is 6.96. The largest absolute Gasteiger partial charge is 0.384 e. The third-order valence-corrected chi connectivity index (χ3v) is 6.96. The van der Waals surface area contributed by atoms with Crippen molar-refractivity contribution >= 4 is 17.5 Å². The number of amides is 1. The number of ketones is 1. The zero-order chi connectivity index (χ0) is 24.2. The van der Waals surface area contributed by atoms with Gasteiger partial charge in [-0.3, -0.25) is 9.59 Å². The van der Waals surface area contributed by atoms with E-state index in [-0.39, 0.29) is 23.0 Å². The van der Waals surface area contributed by atoms with Crippen LogP contribution in [0.2, 0.25) is 0 Å². The van der Waals surface area contributed by atoms with Gasteiger partial charge in [-0.15, -0.1) is 0 Å². The Hall–Kier alpha value is -2.69. The number of pyridine rings is 1. The number of Topliss-reactive ketones (excluding diaryl/α,β-unsaturated/α-hetero) is 1. The molecule has 3 rings (SSSR count). The van der Waals surface area contributed by atoms with Crippen LogP contribution < -0.4 is 11.1 Å². The summed E-state index contributed by atoms with van der Waals surface area (Å²) in [4.78, 5) is 29.6. The fraction of sp³-hybridized carbons (Fsp3) is 0.536. The predicted molar refractivity (Wildman–Crippen MR) is 134 cm³/mol. The molecule has 0 bridgehead atoms. The quantitative estimate of drug-likeness (QED) is 0.598. The van der Waals surface area contributed by atoms with Crippen molar-refractivity contribution in [1.82, 2.24) is 10.3 Å². The van der Waals surface area contributed by atoms with Gasteiger partial charge in [-0.25, -0.2) is 4.98 Å². The Morgan fingerprint density at radius 1 is 1.12 bits per heavy atom. The van der Waals surface area contributed by atoms with Crippen LogP contribution in [0, 0.1) is 18.8 Å². The Balaban J connectivity index is 1.45. The molecule has 0 saturated heterocycles. The van der Waals surface area contributed by atoms with Crippen molar-refractivity contribution in [3.05, 3.63) is 58.8 Å². The van der Waals surface area contributed by atoms with Gasteiger partial charge in [-0.2, -0.15) is 0 Å². The van der Waals surface area contributed by atoms with Gasteiger partial charge in [-0.05, 0) is 80.0 Å². The summed E-state index contributed by atoms with van der Waals surface area (Å²) >= 11 is 0. The smallest absolute Gasteiger partial charge is 0.223 e. The lowest BCUT2D eigenvalue weighted by molar-refractivity contribution is -0.129. The molecule has 1 aliphatic rings. The van der Waals surface area contributed by atoms with Gasteiger partial charge in [-0.1, -0.05) is 51.1 Å². The van der Waals surface area contributed by atoms with Crippen LogP contribution in [0.1, 0.15) is 75.8 Å². The Labute approximate surface area is 198 Å². The summed E-state index contributed by atoms with van der Waals surface area (Å²) in [5.74, 6) is 1.08. The van der Waals surface area contributed by atoms with E-state index < -0.39 is 6.04 Å². The fourth-order valence-electron chi connectivity index (χ4n) is 4.73. The van der Waals surface area contributed by atoms with Gasteiger partial charge in [0.2, 0.25) is 5.91 Å². The highest BCUT2D eigenvalue weighted by molar-refractivity contribution is 5.89. The first-order valence-corrected chi connectivity index (χ1v) is 12.2. The van der Waals surface area contributed by atoms with Crippen molar-refractivity contribution in [2.24, 2.45) is 11.8 Å². The highest BCUT2D eigenvalue weighted by Crippen LogP contribution is 2.34.